The summed E-state index contributed by atoms with van der Waals surface area (Å²) in [6.07, 6.45) is 0. The van der Waals surface area contributed by atoms with E-state index in [4.69, 9.17) is 9.47 Å². The third-order valence-electron chi connectivity index (χ3n) is 4.56. The Morgan fingerprint density at radius 1 is 0.800 bits per heavy atom. The number of ether oxygens (including phenoxy) is 2. The van der Waals surface area contributed by atoms with Crippen LogP contribution in [-0.2, 0) is 4.79 Å². The minimum absolute atomic E-state index is 0.0433. The van der Waals surface area contributed by atoms with Gasteiger partial charge in [-0.25, -0.2) is 0 Å². The number of carbonyl (C=O) groups is 1. The van der Waals surface area contributed by atoms with Crippen LogP contribution in [0.3, 0.4) is 0 Å². The van der Waals surface area contributed by atoms with E-state index in [0.717, 1.165) is 22.6 Å². The monoisotopic (exact) mass is 404 g/mol. The van der Waals surface area contributed by atoms with Crippen LogP contribution in [0.4, 0.5) is 0 Å². The first kappa shape index (κ1) is 21.4. The number of benzene rings is 3. The molecule has 0 spiro atoms. The first-order valence-corrected chi connectivity index (χ1v) is 10.2. The molecule has 3 rings (SSSR count). The van der Waals surface area contributed by atoms with Crippen molar-refractivity contribution in [1.82, 2.24) is 10.6 Å². The molecule has 0 aromatic heterocycles. The standard InChI is InChI=1S/C25H28N2O3/c1-2-29-22-13-15-23(16-14-22)30-18-17-26-24(28)19-27-25(20-9-5-3-6-10-20)21-11-7-4-8-12-21/h3-16,25,27H,2,17-19H2,1H3,(H,26,28). The van der Waals surface area contributed by atoms with Gasteiger partial charge in [0.25, 0.3) is 0 Å². The summed E-state index contributed by atoms with van der Waals surface area (Å²) in [5.74, 6) is 1.50. The Bertz CT molecular complexity index is 844. The molecular weight excluding hydrogens is 376 g/mol. The van der Waals surface area contributed by atoms with Gasteiger partial charge in [-0.2, -0.15) is 0 Å². The van der Waals surface area contributed by atoms with E-state index in [1.54, 1.807) is 0 Å². The molecule has 0 bridgehead atoms. The minimum Gasteiger partial charge on any atom is -0.494 e. The third kappa shape index (κ3) is 6.64. The topological polar surface area (TPSA) is 59.6 Å². The van der Waals surface area contributed by atoms with Gasteiger partial charge in [-0.15, -0.1) is 0 Å². The maximum Gasteiger partial charge on any atom is 0.234 e. The molecule has 0 aliphatic rings. The van der Waals surface area contributed by atoms with E-state index in [2.05, 4.69) is 34.9 Å². The number of hydrogen-bond acceptors (Lipinski definition) is 4. The van der Waals surface area contributed by atoms with E-state index in [-0.39, 0.29) is 18.5 Å². The predicted molar refractivity (Wildman–Crippen MR) is 119 cm³/mol. The molecular formula is C25H28N2O3. The molecule has 0 atom stereocenters. The molecule has 0 saturated carbocycles. The van der Waals surface area contributed by atoms with Crippen molar-refractivity contribution in [2.24, 2.45) is 0 Å². The lowest BCUT2D eigenvalue weighted by atomic mass is 9.99. The van der Waals surface area contributed by atoms with E-state index < -0.39 is 0 Å². The highest BCUT2D eigenvalue weighted by atomic mass is 16.5. The second-order valence-electron chi connectivity index (χ2n) is 6.74. The fourth-order valence-corrected chi connectivity index (χ4v) is 3.13. The number of rotatable bonds is 11. The minimum atomic E-state index is -0.0674. The van der Waals surface area contributed by atoms with Crippen molar-refractivity contribution in [3.05, 3.63) is 96.1 Å². The van der Waals surface area contributed by atoms with Gasteiger partial charge in [-0.05, 0) is 42.3 Å². The normalized spacial score (nSPS) is 10.6. The summed E-state index contributed by atoms with van der Waals surface area (Å²) in [6, 6.07) is 27.7. The fourth-order valence-electron chi connectivity index (χ4n) is 3.13. The molecule has 0 aliphatic carbocycles. The molecule has 5 nitrogen and oxygen atoms in total. The van der Waals surface area contributed by atoms with E-state index in [1.165, 1.54) is 0 Å². The average molecular weight is 405 g/mol. The summed E-state index contributed by atoms with van der Waals surface area (Å²) < 4.78 is 11.1. The Hall–Kier alpha value is -3.31. The fraction of sp³-hybridized carbons (Fsp3) is 0.240. The highest BCUT2D eigenvalue weighted by Crippen LogP contribution is 2.21. The molecule has 3 aromatic carbocycles. The van der Waals surface area contributed by atoms with Crippen LogP contribution in [-0.4, -0.2) is 32.2 Å². The number of hydrogen-bond donors (Lipinski definition) is 2. The van der Waals surface area contributed by atoms with Crippen LogP contribution in [0.25, 0.3) is 0 Å². The van der Waals surface area contributed by atoms with E-state index in [1.807, 2.05) is 67.6 Å². The molecule has 0 heterocycles. The molecule has 2 N–H and O–H groups in total. The summed E-state index contributed by atoms with van der Waals surface area (Å²) in [5, 5.41) is 6.25. The molecule has 0 unspecified atom stereocenters. The van der Waals surface area contributed by atoms with E-state index >= 15 is 0 Å². The van der Waals surface area contributed by atoms with Crippen LogP contribution in [0, 0.1) is 0 Å². The number of carbonyl (C=O) groups excluding carboxylic acids is 1. The summed E-state index contributed by atoms with van der Waals surface area (Å²) in [6.45, 7) is 3.65. The number of amides is 1. The molecule has 0 radical (unpaired) electrons. The second kappa shape index (κ2) is 11.6. The summed E-state index contributed by atoms with van der Waals surface area (Å²) in [7, 11) is 0. The molecule has 156 valence electrons. The van der Waals surface area contributed by atoms with Crippen molar-refractivity contribution >= 4 is 5.91 Å². The van der Waals surface area contributed by atoms with Crippen molar-refractivity contribution in [1.29, 1.82) is 0 Å². The van der Waals surface area contributed by atoms with Crippen LogP contribution >= 0.6 is 0 Å². The van der Waals surface area contributed by atoms with Crippen molar-refractivity contribution in [2.45, 2.75) is 13.0 Å². The Balaban J connectivity index is 1.44. The SMILES string of the molecule is CCOc1ccc(OCCNC(=O)CNC(c2ccccc2)c2ccccc2)cc1. The number of nitrogens with one attached hydrogen (secondary N) is 2. The van der Waals surface area contributed by atoms with Gasteiger partial charge in [-0.3, -0.25) is 10.1 Å². The van der Waals surface area contributed by atoms with Crippen LogP contribution in [0.15, 0.2) is 84.9 Å². The summed E-state index contributed by atoms with van der Waals surface area (Å²) >= 11 is 0. The van der Waals surface area contributed by atoms with Gasteiger partial charge in [-0.1, -0.05) is 60.7 Å². The van der Waals surface area contributed by atoms with Crippen molar-refractivity contribution in [2.75, 3.05) is 26.3 Å². The Kier molecular flexibility index (Phi) is 8.30. The lowest BCUT2D eigenvalue weighted by Gasteiger charge is -2.19. The van der Waals surface area contributed by atoms with E-state index in [9.17, 15) is 4.79 Å². The highest BCUT2D eigenvalue weighted by molar-refractivity contribution is 5.78. The maximum atomic E-state index is 12.3. The van der Waals surface area contributed by atoms with Gasteiger partial charge in [0, 0.05) is 0 Å². The Morgan fingerprint density at radius 2 is 1.33 bits per heavy atom. The smallest absolute Gasteiger partial charge is 0.234 e. The van der Waals surface area contributed by atoms with Crippen molar-refractivity contribution in [3.8, 4) is 11.5 Å². The van der Waals surface area contributed by atoms with Gasteiger partial charge in [0.05, 0.1) is 25.7 Å². The molecule has 1 amide bonds. The third-order valence-corrected chi connectivity index (χ3v) is 4.56. The van der Waals surface area contributed by atoms with Gasteiger partial charge in [0.1, 0.15) is 18.1 Å². The van der Waals surface area contributed by atoms with Gasteiger partial charge < -0.3 is 14.8 Å². The second-order valence-corrected chi connectivity index (χ2v) is 6.74. The van der Waals surface area contributed by atoms with Crippen LogP contribution in [0.2, 0.25) is 0 Å². The zero-order valence-electron chi connectivity index (χ0n) is 17.2. The van der Waals surface area contributed by atoms with E-state index in [0.29, 0.717) is 19.8 Å². The Morgan fingerprint density at radius 3 is 1.87 bits per heavy atom. The zero-order valence-corrected chi connectivity index (χ0v) is 17.2. The van der Waals surface area contributed by atoms with Gasteiger partial charge in [0.2, 0.25) is 5.91 Å². The summed E-state index contributed by atoms with van der Waals surface area (Å²) in [5.41, 5.74) is 2.24. The van der Waals surface area contributed by atoms with Gasteiger partial charge in [0.15, 0.2) is 0 Å². The molecule has 0 aliphatic heterocycles. The molecule has 0 saturated heterocycles. The predicted octanol–water partition coefficient (Wildman–Crippen LogP) is 3.96. The molecule has 30 heavy (non-hydrogen) atoms. The van der Waals surface area contributed by atoms with Crippen LogP contribution in [0.1, 0.15) is 24.1 Å². The Labute approximate surface area is 178 Å². The first-order chi connectivity index (χ1) is 14.8. The largest absolute Gasteiger partial charge is 0.494 e. The molecule has 5 heteroatoms. The maximum absolute atomic E-state index is 12.3. The average Bonchev–Trinajstić information content (AvgIpc) is 2.80. The van der Waals surface area contributed by atoms with Crippen molar-refractivity contribution < 1.29 is 14.3 Å². The lowest BCUT2D eigenvalue weighted by Crippen LogP contribution is -2.37. The van der Waals surface area contributed by atoms with Crippen LogP contribution in [0.5, 0.6) is 11.5 Å². The zero-order chi connectivity index (χ0) is 21.0. The van der Waals surface area contributed by atoms with Crippen molar-refractivity contribution in [3.63, 3.8) is 0 Å². The summed E-state index contributed by atoms with van der Waals surface area (Å²) in [4.78, 5) is 12.3. The highest BCUT2D eigenvalue weighted by Gasteiger charge is 2.14. The quantitative estimate of drug-likeness (QED) is 0.475. The first-order valence-electron chi connectivity index (χ1n) is 10.2. The molecule has 0 fully saturated rings. The molecule has 3 aromatic rings. The van der Waals surface area contributed by atoms with Gasteiger partial charge >= 0.3 is 0 Å². The van der Waals surface area contributed by atoms with Crippen LogP contribution < -0.4 is 20.1 Å². The lowest BCUT2D eigenvalue weighted by molar-refractivity contribution is -0.120.